The standard InChI is InChI=1S/C26H28N2O2S/c1-16(2)17-10-12-21(13-11-17)28(26-27-22-8-3-4-9-23(22)31-26)25(30)20-14-18-6-5-7-19(15-20)24(18)29/h3-4,8-13,16,18-20H,5-7,14-15H2,1-2H3. The third kappa shape index (κ3) is 3.80. The van der Waals surface area contributed by atoms with E-state index in [9.17, 15) is 9.59 Å². The van der Waals surface area contributed by atoms with Crippen LogP contribution in [0.4, 0.5) is 10.8 Å². The van der Waals surface area contributed by atoms with Crippen LogP contribution >= 0.6 is 11.3 Å². The van der Waals surface area contributed by atoms with Gasteiger partial charge in [-0.25, -0.2) is 4.98 Å². The number of nitrogens with zero attached hydrogens (tertiary/aromatic N) is 2. The first-order valence-corrected chi connectivity index (χ1v) is 12.2. The molecule has 4 nitrogen and oxygen atoms in total. The van der Waals surface area contributed by atoms with Crippen LogP contribution in [0, 0.1) is 17.8 Å². The summed E-state index contributed by atoms with van der Waals surface area (Å²) < 4.78 is 1.07. The van der Waals surface area contributed by atoms with E-state index in [1.54, 1.807) is 11.3 Å². The lowest BCUT2D eigenvalue weighted by Crippen LogP contribution is -2.43. The van der Waals surface area contributed by atoms with E-state index in [4.69, 9.17) is 4.98 Å². The summed E-state index contributed by atoms with van der Waals surface area (Å²) in [5.74, 6) is 0.905. The van der Waals surface area contributed by atoms with Crippen LogP contribution in [0.3, 0.4) is 0 Å². The first-order valence-electron chi connectivity index (χ1n) is 11.3. The molecule has 2 fully saturated rings. The molecule has 0 aliphatic heterocycles. The molecule has 0 spiro atoms. The van der Waals surface area contributed by atoms with E-state index in [0.717, 1.165) is 35.2 Å². The van der Waals surface area contributed by atoms with Crippen molar-refractivity contribution in [2.45, 2.75) is 51.9 Å². The van der Waals surface area contributed by atoms with Crippen molar-refractivity contribution in [2.75, 3.05) is 4.90 Å². The fourth-order valence-electron chi connectivity index (χ4n) is 5.16. The minimum atomic E-state index is -0.121. The number of amides is 1. The average Bonchev–Trinajstić information content (AvgIpc) is 3.17. The lowest BCUT2D eigenvalue weighted by atomic mass is 9.67. The number of rotatable bonds is 4. The van der Waals surface area contributed by atoms with Crippen molar-refractivity contribution in [3.63, 3.8) is 0 Å². The monoisotopic (exact) mass is 432 g/mol. The number of carbonyl (C=O) groups excluding carboxylic acids is 2. The first-order chi connectivity index (χ1) is 15.0. The molecule has 160 valence electrons. The van der Waals surface area contributed by atoms with E-state index >= 15 is 0 Å². The molecule has 5 heteroatoms. The number of aromatic nitrogens is 1. The lowest BCUT2D eigenvalue weighted by Gasteiger charge is -2.38. The fraction of sp³-hybridized carbons (Fsp3) is 0.423. The van der Waals surface area contributed by atoms with E-state index in [1.165, 1.54) is 5.56 Å². The molecule has 0 radical (unpaired) electrons. The maximum atomic E-state index is 13.9. The topological polar surface area (TPSA) is 50.3 Å². The van der Waals surface area contributed by atoms with Crippen LogP contribution < -0.4 is 4.90 Å². The Kier molecular flexibility index (Phi) is 5.39. The van der Waals surface area contributed by atoms with Gasteiger partial charge in [-0.15, -0.1) is 0 Å². The molecule has 2 bridgehead atoms. The average molecular weight is 433 g/mol. The predicted molar refractivity (Wildman–Crippen MR) is 126 cm³/mol. The maximum absolute atomic E-state index is 13.9. The van der Waals surface area contributed by atoms with Crippen molar-refractivity contribution in [3.8, 4) is 0 Å². The summed E-state index contributed by atoms with van der Waals surface area (Å²) >= 11 is 1.55. The van der Waals surface area contributed by atoms with Crippen molar-refractivity contribution in [3.05, 3.63) is 54.1 Å². The highest BCUT2D eigenvalue weighted by molar-refractivity contribution is 7.22. The minimum Gasteiger partial charge on any atom is -0.299 e. The van der Waals surface area contributed by atoms with E-state index in [2.05, 4.69) is 26.0 Å². The molecule has 2 aromatic carbocycles. The molecule has 1 amide bonds. The number of carbonyl (C=O) groups is 2. The summed E-state index contributed by atoms with van der Waals surface area (Å²) in [5.41, 5.74) is 3.02. The Morgan fingerprint density at radius 3 is 2.35 bits per heavy atom. The van der Waals surface area contributed by atoms with Crippen LogP contribution in [-0.4, -0.2) is 16.7 Å². The van der Waals surface area contributed by atoms with Gasteiger partial charge in [-0.3, -0.25) is 14.5 Å². The summed E-state index contributed by atoms with van der Waals surface area (Å²) in [6.45, 7) is 4.34. The highest BCUT2D eigenvalue weighted by Gasteiger charge is 2.43. The quantitative estimate of drug-likeness (QED) is 0.474. The van der Waals surface area contributed by atoms with Crippen LogP contribution in [0.15, 0.2) is 48.5 Å². The van der Waals surface area contributed by atoms with Gasteiger partial charge in [-0.2, -0.15) is 0 Å². The van der Waals surface area contributed by atoms with E-state index in [0.29, 0.717) is 29.7 Å². The molecule has 0 saturated heterocycles. The number of ketones is 1. The van der Waals surface area contributed by atoms with Crippen molar-refractivity contribution < 1.29 is 9.59 Å². The van der Waals surface area contributed by atoms with Gasteiger partial charge < -0.3 is 0 Å². The Morgan fingerprint density at radius 1 is 1.03 bits per heavy atom. The SMILES string of the molecule is CC(C)c1ccc(N(C(=O)C2CC3CCCC(C2)C3=O)c2nc3ccccc3s2)cc1. The van der Waals surface area contributed by atoms with Gasteiger partial charge in [-0.05, 0) is 61.4 Å². The van der Waals surface area contributed by atoms with Crippen molar-refractivity contribution >= 4 is 44.1 Å². The first kappa shape index (κ1) is 20.4. The summed E-state index contributed by atoms with van der Waals surface area (Å²) in [7, 11) is 0. The van der Waals surface area contributed by atoms with Gasteiger partial charge in [0.05, 0.1) is 15.9 Å². The number of hydrogen-bond donors (Lipinski definition) is 0. The number of benzene rings is 2. The lowest BCUT2D eigenvalue weighted by molar-refractivity contribution is -0.136. The molecule has 31 heavy (non-hydrogen) atoms. The van der Waals surface area contributed by atoms with Gasteiger partial charge in [0.2, 0.25) is 5.91 Å². The maximum Gasteiger partial charge on any atom is 0.236 e. The van der Waals surface area contributed by atoms with Gasteiger partial charge in [0.1, 0.15) is 5.78 Å². The zero-order valence-electron chi connectivity index (χ0n) is 18.1. The number of hydrogen-bond acceptors (Lipinski definition) is 4. The molecule has 2 aliphatic rings. The number of thiazole rings is 1. The third-order valence-electron chi connectivity index (χ3n) is 6.91. The Morgan fingerprint density at radius 2 is 1.71 bits per heavy atom. The molecule has 3 aromatic rings. The molecule has 0 N–H and O–H groups in total. The number of fused-ring (bicyclic) bond motifs is 3. The number of Topliss-reactive ketones (excluding diaryl/α,β-unsaturated/α-hetero) is 1. The zero-order chi connectivity index (χ0) is 21.5. The van der Waals surface area contributed by atoms with Crippen LogP contribution in [0.2, 0.25) is 0 Å². The molecule has 2 unspecified atom stereocenters. The van der Waals surface area contributed by atoms with Gasteiger partial charge in [0.25, 0.3) is 0 Å². The molecular weight excluding hydrogens is 404 g/mol. The largest absolute Gasteiger partial charge is 0.299 e. The third-order valence-corrected chi connectivity index (χ3v) is 7.93. The van der Waals surface area contributed by atoms with E-state index in [1.807, 2.05) is 41.3 Å². The summed E-state index contributed by atoms with van der Waals surface area (Å²) in [4.78, 5) is 33.1. The van der Waals surface area contributed by atoms with Gasteiger partial charge >= 0.3 is 0 Å². The smallest absolute Gasteiger partial charge is 0.236 e. The Hall–Kier alpha value is -2.53. The molecule has 2 saturated carbocycles. The summed E-state index contributed by atoms with van der Waals surface area (Å²) in [6.07, 6.45) is 4.34. The molecule has 2 aliphatic carbocycles. The van der Waals surface area contributed by atoms with Gasteiger partial charge in [0.15, 0.2) is 5.13 Å². The molecule has 1 heterocycles. The molecule has 1 aromatic heterocycles. The second kappa shape index (κ2) is 8.19. The number of anilines is 2. The summed E-state index contributed by atoms with van der Waals surface area (Å²) in [5, 5.41) is 0.713. The summed E-state index contributed by atoms with van der Waals surface area (Å²) in [6, 6.07) is 16.3. The van der Waals surface area contributed by atoms with Crippen LogP contribution in [0.5, 0.6) is 0 Å². The predicted octanol–water partition coefficient (Wildman–Crippen LogP) is 6.48. The molecule has 5 rings (SSSR count). The number of para-hydroxylation sites is 1. The minimum absolute atomic E-state index is 0.0574. The van der Waals surface area contributed by atoms with Crippen molar-refractivity contribution in [1.82, 2.24) is 4.98 Å². The highest BCUT2D eigenvalue weighted by Crippen LogP contribution is 2.43. The van der Waals surface area contributed by atoms with Gasteiger partial charge in [-0.1, -0.05) is 55.9 Å². The second-order valence-electron chi connectivity index (χ2n) is 9.28. The Labute approximate surface area is 187 Å². The van der Waals surface area contributed by atoms with Crippen LogP contribution in [0.1, 0.15) is 57.4 Å². The normalized spacial score (nSPS) is 23.3. The Bertz CT molecular complexity index is 1070. The molecule has 2 atom stereocenters. The van der Waals surface area contributed by atoms with Crippen molar-refractivity contribution in [2.24, 2.45) is 17.8 Å². The van der Waals surface area contributed by atoms with E-state index < -0.39 is 0 Å². The fourth-order valence-corrected chi connectivity index (χ4v) is 6.15. The van der Waals surface area contributed by atoms with Crippen LogP contribution in [-0.2, 0) is 9.59 Å². The second-order valence-corrected chi connectivity index (χ2v) is 10.3. The van der Waals surface area contributed by atoms with Crippen molar-refractivity contribution in [1.29, 1.82) is 0 Å². The highest BCUT2D eigenvalue weighted by atomic mass is 32.1. The van der Waals surface area contributed by atoms with Gasteiger partial charge in [0, 0.05) is 17.8 Å². The van der Waals surface area contributed by atoms with Crippen LogP contribution in [0.25, 0.3) is 10.2 Å². The van der Waals surface area contributed by atoms with E-state index in [-0.39, 0.29) is 23.7 Å². The molecular formula is C26H28N2O2S. The zero-order valence-corrected chi connectivity index (χ0v) is 18.9. The Balaban J connectivity index is 1.53.